The second-order valence-corrected chi connectivity index (χ2v) is 7.61. The van der Waals surface area contributed by atoms with Crippen molar-refractivity contribution in [2.75, 3.05) is 0 Å². The van der Waals surface area contributed by atoms with Gasteiger partial charge in [0.2, 0.25) is 0 Å². The van der Waals surface area contributed by atoms with Crippen molar-refractivity contribution >= 4 is 66.2 Å². The van der Waals surface area contributed by atoms with Crippen molar-refractivity contribution in [2.45, 2.75) is 4.90 Å². The fourth-order valence-corrected chi connectivity index (χ4v) is 4.35. The molecule has 1 heterocycles. The molecular formula is C12H6Cl2O3S2. The number of hydrogen-bond acceptors (Lipinski definition) is 3. The lowest BCUT2D eigenvalue weighted by molar-refractivity contribution is 0.484. The van der Waals surface area contributed by atoms with Crippen molar-refractivity contribution < 1.29 is 13.0 Å². The third kappa shape index (κ3) is 2.11. The van der Waals surface area contributed by atoms with E-state index < -0.39 is 10.1 Å². The molecule has 1 aromatic heterocycles. The van der Waals surface area contributed by atoms with Gasteiger partial charge in [-0.25, -0.2) is 0 Å². The van der Waals surface area contributed by atoms with Crippen LogP contribution in [0.4, 0.5) is 0 Å². The van der Waals surface area contributed by atoms with Crippen molar-refractivity contribution in [1.29, 1.82) is 0 Å². The van der Waals surface area contributed by atoms with Crippen LogP contribution in [0.1, 0.15) is 0 Å². The van der Waals surface area contributed by atoms with Gasteiger partial charge in [-0.05, 0) is 23.6 Å². The summed E-state index contributed by atoms with van der Waals surface area (Å²) in [6.07, 6.45) is 0. The molecule has 0 spiro atoms. The van der Waals surface area contributed by atoms with Gasteiger partial charge in [-0.1, -0.05) is 35.3 Å². The fourth-order valence-electron chi connectivity index (χ4n) is 2.04. The van der Waals surface area contributed by atoms with Crippen LogP contribution in [0.2, 0.25) is 8.67 Å². The van der Waals surface area contributed by atoms with Crippen LogP contribution in [0, 0.1) is 0 Å². The van der Waals surface area contributed by atoms with Crippen LogP contribution in [0.3, 0.4) is 0 Å². The zero-order valence-corrected chi connectivity index (χ0v) is 12.4. The van der Waals surface area contributed by atoms with Crippen LogP contribution in [-0.2, 0) is 10.1 Å². The molecule has 0 radical (unpaired) electrons. The average molecular weight is 333 g/mol. The highest BCUT2D eigenvalue weighted by Gasteiger charge is 2.16. The molecule has 19 heavy (non-hydrogen) atoms. The fraction of sp³-hybridized carbons (Fsp3) is 0. The van der Waals surface area contributed by atoms with Crippen LogP contribution in [0.5, 0.6) is 0 Å². The topological polar surface area (TPSA) is 54.4 Å². The Morgan fingerprint density at radius 3 is 2.26 bits per heavy atom. The SMILES string of the molecule is O=S(=O)(O)c1cccc2cc3c(Cl)sc(Cl)c3cc12. The summed E-state index contributed by atoms with van der Waals surface area (Å²) < 4.78 is 33.0. The molecule has 0 amide bonds. The van der Waals surface area contributed by atoms with Crippen LogP contribution in [-0.4, -0.2) is 13.0 Å². The minimum Gasteiger partial charge on any atom is -0.282 e. The molecule has 3 rings (SSSR count). The number of halogens is 2. The Labute approximate surface area is 123 Å². The molecule has 0 fully saturated rings. The average Bonchev–Trinajstić information content (AvgIpc) is 2.60. The maximum Gasteiger partial charge on any atom is 0.295 e. The molecule has 0 unspecified atom stereocenters. The molecule has 2 aromatic carbocycles. The smallest absolute Gasteiger partial charge is 0.282 e. The molecule has 3 nitrogen and oxygen atoms in total. The third-order valence-electron chi connectivity index (χ3n) is 2.86. The van der Waals surface area contributed by atoms with Crippen molar-refractivity contribution in [2.24, 2.45) is 0 Å². The first kappa shape index (κ1) is 13.1. The minimum atomic E-state index is -4.28. The van der Waals surface area contributed by atoms with E-state index in [1.54, 1.807) is 24.3 Å². The zero-order chi connectivity index (χ0) is 13.8. The molecule has 0 atom stereocenters. The first-order valence-electron chi connectivity index (χ1n) is 5.15. The number of fused-ring (bicyclic) bond motifs is 2. The van der Waals surface area contributed by atoms with E-state index in [4.69, 9.17) is 23.2 Å². The molecule has 0 aliphatic rings. The summed E-state index contributed by atoms with van der Waals surface area (Å²) in [4.78, 5) is -0.134. The highest BCUT2D eigenvalue weighted by Crippen LogP contribution is 2.41. The Kier molecular flexibility index (Phi) is 2.99. The summed E-state index contributed by atoms with van der Waals surface area (Å²) in [5, 5.41) is 2.56. The molecule has 0 saturated carbocycles. The third-order valence-corrected chi connectivity index (χ3v) is 5.44. The summed E-state index contributed by atoms with van der Waals surface area (Å²) >= 11 is 13.4. The van der Waals surface area contributed by atoms with Gasteiger partial charge in [-0.2, -0.15) is 8.42 Å². The summed E-state index contributed by atoms with van der Waals surface area (Å²) in [6, 6.07) is 8.08. The molecular weight excluding hydrogens is 327 g/mol. The molecule has 98 valence electrons. The number of rotatable bonds is 1. The molecule has 1 N–H and O–H groups in total. The van der Waals surface area contributed by atoms with Gasteiger partial charge in [0.15, 0.2) is 0 Å². The lowest BCUT2D eigenvalue weighted by Gasteiger charge is -2.04. The number of hydrogen-bond donors (Lipinski definition) is 1. The van der Waals surface area contributed by atoms with Crippen molar-refractivity contribution in [3.05, 3.63) is 39.0 Å². The van der Waals surface area contributed by atoms with Crippen molar-refractivity contribution in [3.63, 3.8) is 0 Å². The maximum atomic E-state index is 11.4. The molecule has 0 saturated heterocycles. The summed E-state index contributed by atoms with van der Waals surface area (Å²) in [6.45, 7) is 0. The number of benzene rings is 2. The molecule has 7 heteroatoms. The van der Waals surface area contributed by atoms with Crippen LogP contribution in [0.15, 0.2) is 35.2 Å². The van der Waals surface area contributed by atoms with Gasteiger partial charge >= 0.3 is 0 Å². The standard InChI is InChI=1S/C12H6Cl2O3S2/c13-11-8-4-6-2-1-3-10(19(15,16)17)7(6)5-9(8)12(14)18-11/h1-5H,(H,15,16,17). The minimum absolute atomic E-state index is 0.134. The van der Waals surface area contributed by atoms with E-state index in [0.29, 0.717) is 24.8 Å². The molecule has 0 bridgehead atoms. The van der Waals surface area contributed by atoms with E-state index in [1.807, 2.05) is 0 Å². The Morgan fingerprint density at radius 1 is 1.00 bits per heavy atom. The van der Waals surface area contributed by atoms with Crippen molar-refractivity contribution in [3.8, 4) is 0 Å². The highest BCUT2D eigenvalue weighted by molar-refractivity contribution is 7.86. The van der Waals surface area contributed by atoms with Crippen LogP contribution < -0.4 is 0 Å². The quantitative estimate of drug-likeness (QED) is 0.662. The van der Waals surface area contributed by atoms with E-state index >= 15 is 0 Å². The Morgan fingerprint density at radius 2 is 1.63 bits per heavy atom. The predicted octanol–water partition coefficient (Wildman–Crippen LogP) is 4.61. The summed E-state index contributed by atoms with van der Waals surface area (Å²) in [5.74, 6) is 0. The highest BCUT2D eigenvalue weighted by atomic mass is 35.5. The van der Waals surface area contributed by atoms with Crippen LogP contribution >= 0.6 is 34.5 Å². The first-order chi connectivity index (χ1) is 8.88. The van der Waals surface area contributed by atoms with Gasteiger partial charge in [-0.15, -0.1) is 11.3 Å². The predicted molar refractivity (Wildman–Crippen MR) is 79.2 cm³/mol. The number of thiophene rings is 1. The van der Waals surface area contributed by atoms with Gasteiger partial charge < -0.3 is 0 Å². The maximum absolute atomic E-state index is 11.4. The lowest BCUT2D eigenvalue weighted by atomic mass is 10.1. The van der Waals surface area contributed by atoms with Crippen LogP contribution in [0.25, 0.3) is 21.5 Å². The molecule has 0 aliphatic carbocycles. The van der Waals surface area contributed by atoms with Crippen molar-refractivity contribution in [1.82, 2.24) is 0 Å². The van der Waals surface area contributed by atoms with Gasteiger partial charge in [0.1, 0.15) is 13.6 Å². The summed E-state index contributed by atoms with van der Waals surface area (Å²) in [7, 11) is -4.28. The Hall–Kier alpha value is -0.850. The normalized spacial score (nSPS) is 12.4. The Balaban J connectivity index is 2.54. The lowest BCUT2D eigenvalue weighted by Crippen LogP contribution is -1.98. The van der Waals surface area contributed by atoms with Gasteiger partial charge in [0.25, 0.3) is 10.1 Å². The Bertz CT molecular complexity index is 914. The zero-order valence-electron chi connectivity index (χ0n) is 9.22. The monoisotopic (exact) mass is 332 g/mol. The molecule has 3 aromatic rings. The van der Waals surface area contributed by atoms with Gasteiger partial charge in [-0.3, -0.25) is 4.55 Å². The summed E-state index contributed by atoms with van der Waals surface area (Å²) in [5.41, 5.74) is 0. The largest absolute Gasteiger partial charge is 0.295 e. The molecule has 0 aliphatic heterocycles. The van der Waals surface area contributed by atoms with E-state index in [9.17, 15) is 13.0 Å². The van der Waals surface area contributed by atoms with E-state index in [0.717, 1.165) is 5.39 Å². The van der Waals surface area contributed by atoms with Gasteiger partial charge in [0, 0.05) is 16.2 Å². The van der Waals surface area contributed by atoms with E-state index in [2.05, 4.69) is 0 Å². The van der Waals surface area contributed by atoms with Gasteiger partial charge in [0.05, 0.1) is 0 Å². The first-order valence-corrected chi connectivity index (χ1v) is 8.17. The second kappa shape index (κ2) is 4.33. The van der Waals surface area contributed by atoms with E-state index in [1.165, 1.54) is 17.4 Å². The van der Waals surface area contributed by atoms with E-state index in [-0.39, 0.29) is 4.90 Å². The second-order valence-electron chi connectivity index (χ2n) is 4.00.